The van der Waals surface area contributed by atoms with Crippen LogP contribution in [-0.2, 0) is 14.3 Å². The fourth-order valence-corrected chi connectivity index (χ4v) is 3.96. The third kappa shape index (κ3) is 7.16. The van der Waals surface area contributed by atoms with Gasteiger partial charge in [-0.15, -0.1) is 0 Å². The molecule has 0 unspecified atom stereocenters. The molecule has 0 saturated carbocycles. The highest BCUT2D eigenvalue weighted by molar-refractivity contribution is 6.09. The fraction of sp³-hybridized carbons (Fsp3) is 0.267. The predicted octanol–water partition coefficient (Wildman–Crippen LogP) is 3.81. The Balaban J connectivity index is 1.69. The number of nitrogens with two attached hydrogens (primary N) is 1. The van der Waals surface area contributed by atoms with Crippen molar-refractivity contribution in [3.8, 4) is 11.5 Å². The van der Waals surface area contributed by atoms with Gasteiger partial charge in [0.05, 0.1) is 38.6 Å². The van der Waals surface area contributed by atoms with Gasteiger partial charge < -0.3 is 30.2 Å². The summed E-state index contributed by atoms with van der Waals surface area (Å²) in [7, 11) is 4.45. The lowest BCUT2D eigenvalue weighted by Crippen LogP contribution is -2.53. The first-order valence-corrected chi connectivity index (χ1v) is 12.6. The maximum atomic E-state index is 12.8. The SMILES string of the molecule is C=C\C=C(/N=C(\C=C(/N)C(=O)Nc1ccc(C(=O)N2CC(C(=O)OC)C2)cc1)CC)c1ccc(OC)c(OC)c1. The van der Waals surface area contributed by atoms with Gasteiger partial charge in [-0.2, -0.15) is 0 Å². The minimum Gasteiger partial charge on any atom is -0.493 e. The van der Waals surface area contributed by atoms with E-state index in [1.54, 1.807) is 67.7 Å². The number of allylic oxidation sites excluding steroid dienone is 3. The molecular formula is C30H34N4O6. The minimum absolute atomic E-state index is 0.0274. The van der Waals surface area contributed by atoms with Crippen LogP contribution in [0.25, 0.3) is 5.70 Å². The van der Waals surface area contributed by atoms with Crippen LogP contribution in [0.3, 0.4) is 0 Å². The number of nitrogens with one attached hydrogen (secondary N) is 1. The Hall–Kier alpha value is -4.86. The van der Waals surface area contributed by atoms with Gasteiger partial charge >= 0.3 is 5.97 Å². The molecule has 2 amide bonds. The lowest BCUT2D eigenvalue weighted by molar-refractivity contribution is -0.149. The Bertz CT molecular complexity index is 1350. The highest BCUT2D eigenvalue weighted by atomic mass is 16.5. The largest absolute Gasteiger partial charge is 0.493 e. The van der Waals surface area contributed by atoms with Crippen LogP contribution in [0.2, 0.25) is 0 Å². The van der Waals surface area contributed by atoms with Crippen molar-refractivity contribution >= 4 is 34.9 Å². The molecule has 0 bridgehead atoms. The number of benzene rings is 2. The number of hydrogen-bond donors (Lipinski definition) is 2. The van der Waals surface area contributed by atoms with Crippen molar-refractivity contribution in [1.29, 1.82) is 0 Å². The molecule has 3 rings (SSSR count). The lowest BCUT2D eigenvalue weighted by atomic mass is 9.99. The highest BCUT2D eigenvalue weighted by Crippen LogP contribution is 2.31. The van der Waals surface area contributed by atoms with Crippen LogP contribution in [0.15, 0.2) is 78.0 Å². The van der Waals surface area contributed by atoms with Crippen LogP contribution in [0.5, 0.6) is 11.5 Å². The average molecular weight is 547 g/mol. The summed E-state index contributed by atoms with van der Waals surface area (Å²) in [5, 5.41) is 2.73. The molecule has 10 heteroatoms. The third-order valence-electron chi connectivity index (χ3n) is 6.26. The average Bonchev–Trinajstić information content (AvgIpc) is 2.95. The van der Waals surface area contributed by atoms with Gasteiger partial charge in [-0.3, -0.25) is 19.4 Å². The molecule has 0 atom stereocenters. The normalized spacial score (nSPS) is 14.2. The van der Waals surface area contributed by atoms with E-state index in [1.165, 1.54) is 13.2 Å². The number of methoxy groups -OCH3 is 3. The summed E-state index contributed by atoms with van der Waals surface area (Å²) >= 11 is 0. The number of carbonyl (C=O) groups excluding carboxylic acids is 3. The van der Waals surface area contributed by atoms with Crippen LogP contribution in [0.4, 0.5) is 5.69 Å². The van der Waals surface area contributed by atoms with E-state index in [0.717, 1.165) is 5.56 Å². The monoisotopic (exact) mass is 546 g/mol. The summed E-state index contributed by atoms with van der Waals surface area (Å²) in [5.41, 5.74) is 8.95. The first-order valence-electron chi connectivity index (χ1n) is 12.6. The van der Waals surface area contributed by atoms with Crippen molar-refractivity contribution in [1.82, 2.24) is 4.90 Å². The van der Waals surface area contributed by atoms with Gasteiger partial charge in [0.1, 0.15) is 0 Å². The summed E-state index contributed by atoms with van der Waals surface area (Å²) in [5.74, 6) is -0.169. The number of nitrogens with zero attached hydrogens (tertiary/aromatic N) is 2. The number of anilines is 1. The van der Waals surface area contributed by atoms with Crippen molar-refractivity contribution < 1.29 is 28.6 Å². The van der Waals surface area contributed by atoms with E-state index in [0.29, 0.717) is 53.7 Å². The van der Waals surface area contributed by atoms with Crippen molar-refractivity contribution in [2.24, 2.45) is 16.6 Å². The summed E-state index contributed by atoms with van der Waals surface area (Å²) in [6, 6.07) is 11.9. The Labute approximate surface area is 233 Å². The van der Waals surface area contributed by atoms with E-state index in [2.05, 4.69) is 11.9 Å². The van der Waals surface area contributed by atoms with Crippen molar-refractivity contribution in [2.75, 3.05) is 39.7 Å². The number of hydrogen-bond acceptors (Lipinski definition) is 8. The molecule has 0 aromatic heterocycles. The van der Waals surface area contributed by atoms with E-state index < -0.39 is 5.91 Å². The molecule has 2 aromatic rings. The number of ether oxygens (including phenoxy) is 3. The Morgan fingerprint density at radius 2 is 1.70 bits per heavy atom. The van der Waals surface area contributed by atoms with Gasteiger partial charge in [-0.25, -0.2) is 0 Å². The van der Waals surface area contributed by atoms with Gasteiger partial charge in [-0.05, 0) is 61.0 Å². The van der Waals surface area contributed by atoms with Gasteiger partial charge in [0.15, 0.2) is 11.5 Å². The van der Waals surface area contributed by atoms with Crippen LogP contribution < -0.4 is 20.5 Å². The van der Waals surface area contributed by atoms with Gasteiger partial charge in [0, 0.05) is 35.6 Å². The minimum atomic E-state index is -0.510. The Morgan fingerprint density at radius 1 is 1.05 bits per heavy atom. The number of carbonyl (C=O) groups is 3. The second kappa shape index (κ2) is 13.8. The molecule has 1 saturated heterocycles. The first kappa shape index (κ1) is 29.7. The van der Waals surface area contributed by atoms with Crippen LogP contribution in [0, 0.1) is 5.92 Å². The molecule has 210 valence electrons. The van der Waals surface area contributed by atoms with Gasteiger partial charge in [-0.1, -0.05) is 19.6 Å². The van der Waals surface area contributed by atoms with E-state index in [4.69, 9.17) is 24.9 Å². The molecule has 2 aromatic carbocycles. The molecule has 1 fully saturated rings. The Morgan fingerprint density at radius 3 is 2.27 bits per heavy atom. The Kier molecular flexibility index (Phi) is 10.2. The molecule has 1 aliphatic rings. The standard InChI is InChI=1S/C30H34N4O6/c1-6-8-25(20-11-14-26(38-3)27(15-20)39-4)32-22(7-2)16-24(31)28(35)33-23-12-9-19(10-13-23)29(36)34-17-21(18-34)30(37)40-5/h6,8-16,21H,1,7,17-18,31H2,2-5H3,(H,33,35)/b24-16-,25-8-,32-22-. The smallest absolute Gasteiger partial charge is 0.312 e. The lowest BCUT2D eigenvalue weighted by Gasteiger charge is -2.37. The highest BCUT2D eigenvalue weighted by Gasteiger charge is 2.36. The molecule has 1 aliphatic heterocycles. The summed E-state index contributed by atoms with van der Waals surface area (Å²) < 4.78 is 15.4. The number of aliphatic imine (C=N–C) groups is 1. The third-order valence-corrected chi connectivity index (χ3v) is 6.26. The van der Waals surface area contributed by atoms with Crippen LogP contribution >= 0.6 is 0 Å². The zero-order valence-electron chi connectivity index (χ0n) is 23.1. The summed E-state index contributed by atoms with van der Waals surface area (Å²) in [6.45, 7) is 6.32. The summed E-state index contributed by atoms with van der Waals surface area (Å²) in [6.07, 6.45) is 5.41. The molecule has 0 spiro atoms. The molecule has 0 radical (unpaired) electrons. The van der Waals surface area contributed by atoms with Crippen molar-refractivity contribution in [3.05, 3.63) is 84.1 Å². The number of likely N-dealkylation sites (tertiary alicyclic amines) is 1. The maximum absolute atomic E-state index is 12.8. The molecule has 1 heterocycles. The summed E-state index contributed by atoms with van der Waals surface area (Å²) in [4.78, 5) is 43.2. The van der Waals surface area contributed by atoms with Crippen LogP contribution in [0.1, 0.15) is 29.3 Å². The maximum Gasteiger partial charge on any atom is 0.312 e. The fourth-order valence-electron chi connectivity index (χ4n) is 3.96. The predicted molar refractivity (Wildman–Crippen MR) is 154 cm³/mol. The second-order valence-electron chi connectivity index (χ2n) is 8.88. The second-order valence-corrected chi connectivity index (χ2v) is 8.88. The van der Waals surface area contributed by atoms with Gasteiger partial charge in [0.2, 0.25) is 0 Å². The van der Waals surface area contributed by atoms with Crippen molar-refractivity contribution in [2.45, 2.75) is 13.3 Å². The molecule has 10 nitrogen and oxygen atoms in total. The van der Waals surface area contributed by atoms with E-state index in [1.807, 2.05) is 13.0 Å². The van der Waals surface area contributed by atoms with Crippen molar-refractivity contribution in [3.63, 3.8) is 0 Å². The number of rotatable bonds is 11. The van der Waals surface area contributed by atoms with E-state index in [9.17, 15) is 14.4 Å². The quantitative estimate of drug-likeness (QED) is 0.190. The molecule has 40 heavy (non-hydrogen) atoms. The van der Waals surface area contributed by atoms with Crippen LogP contribution in [-0.4, -0.2) is 62.8 Å². The molecule has 0 aliphatic carbocycles. The van der Waals surface area contributed by atoms with Gasteiger partial charge in [0.25, 0.3) is 11.8 Å². The molecular weight excluding hydrogens is 512 g/mol. The zero-order valence-corrected chi connectivity index (χ0v) is 23.1. The first-order chi connectivity index (χ1) is 19.2. The zero-order chi connectivity index (χ0) is 29.2. The number of esters is 1. The topological polar surface area (TPSA) is 133 Å². The number of amides is 2. The van der Waals surface area contributed by atoms with E-state index in [-0.39, 0.29) is 23.5 Å². The molecule has 3 N–H and O–H groups in total. The van der Waals surface area contributed by atoms with E-state index >= 15 is 0 Å².